The van der Waals surface area contributed by atoms with Crippen molar-refractivity contribution >= 4 is 5.91 Å². The number of nitriles is 1. The van der Waals surface area contributed by atoms with Gasteiger partial charge in [-0.2, -0.15) is 10.4 Å². The van der Waals surface area contributed by atoms with E-state index < -0.39 is 0 Å². The molecule has 0 saturated carbocycles. The van der Waals surface area contributed by atoms with Gasteiger partial charge in [0.05, 0.1) is 18.2 Å². The molecule has 1 rings (SSSR count). The Morgan fingerprint density at radius 1 is 1.44 bits per heavy atom. The lowest BCUT2D eigenvalue weighted by Gasteiger charge is -2.15. The quantitative estimate of drug-likeness (QED) is 0.794. The van der Waals surface area contributed by atoms with Gasteiger partial charge >= 0.3 is 0 Å². The summed E-state index contributed by atoms with van der Waals surface area (Å²) in [4.78, 5) is 13.4. The first kappa shape index (κ1) is 14.2. The van der Waals surface area contributed by atoms with Gasteiger partial charge in [0.1, 0.15) is 0 Å². The Balaban J connectivity index is 2.52. The van der Waals surface area contributed by atoms with Gasteiger partial charge in [0.2, 0.25) is 5.91 Å². The molecule has 0 radical (unpaired) electrons. The SMILES string of the molecule is Cc1nn(CCC(=O)N(C)CCC#N)c(C)c1C. The number of hydrogen-bond donors (Lipinski definition) is 0. The van der Waals surface area contributed by atoms with Crippen molar-refractivity contribution < 1.29 is 4.79 Å². The summed E-state index contributed by atoms with van der Waals surface area (Å²) in [6.07, 6.45) is 0.796. The first-order valence-electron chi connectivity index (χ1n) is 6.09. The van der Waals surface area contributed by atoms with Crippen LogP contribution in [0.4, 0.5) is 0 Å². The first-order valence-corrected chi connectivity index (χ1v) is 6.09. The summed E-state index contributed by atoms with van der Waals surface area (Å²) in [5, 5.41) is 12.9. The van der Waals surface area contributed by atoms with E-state index in [0.717, 1.165) is 11.4 Å². The molecule has 18 heavy (non-hydrogen) atoms. The molecule has 0 bridgehead atoms. The highest BCUT2D eigenvalue weighted by Crippen LogP contribution is 2.11. The van der Waals surface area contributed by atoms with Gasteiger partial charge in [-0.15, -0.1) is 0 Å². The smallest absolute Gasteiger partial charge is 0.224 e. The summed E-state index contributed by atoms with van der Waals surface area (Å²) in [5.41, 5.74) is 3.30. The van der Waals surface area contributed by atoms with Crippen LogP contribution in [0, 0.1) is 32.1 Å². The van der Waals surface area contributed by atoms with Crippen LogP contribution < -0.4 is 0 Å². The van der Waals surface area contributed by atoms with Gasteiger partial charge in [0.25, 0.3) is 0 Å². The minimum absolute atomic E-state index is 0.0513. The number of aromatic nitrogens is 2. The third kappa shape index (κ3) is 3.33. The van der Waals surface area contributed by atoms with E-state index in [2.05, 4.69) is 5.10 Å². The molecule has 0 atom stereocenters. The fourth-order valence-electron chi connectivity index (χ4n) is 1.74. The van der Waals surface area contributed by atoms with Crippen LogP contribution in [0.2, 0.25) is 0 Å². The molecule has 0 fully saturated rings. The molecule has 0 unspecified atom stereocenters. The van der Waals surface area contributed by atoms with Crippen molar-refractivity contribution in [2.75, 3.05) is 13.6 Å². The predicted molar refractivity (Wildman–Crippen MR) is 68.9 cm³/mol. The molecule has 0 aliphatic heterocycles. The van der Waals surface area contributed by atoms with Crippen molar-refractivity contribution in [1.29, 1.82) is 5.26 Å². The van der Waals surface area contributed by atoms with Gasteiger partial charge in [-0.05, 0) is 26.3 Å². The maximum absolute atomic E-state index is 11.8. The van der Waals surface area contributed by atoms with Crippen molar-refractivity contribution in [3.63, 3.8) is 0 Å². The molecule has 0 spiro atoms. The maximum atomic E-state index is 11.8. The second-order valence-corrected chi connectivity index (χ2v) is 4.49. The lowest BCUT2D eigenvalue weighted by atomic mass is 10.2. The molecule has 1 heterocycles. The van der Waals surface area contributed by atoms with Crippen molar-refractivity contribution in [2.24, 2.45) is 0 Å². The monoisotopic (exact) mass is 248 g/mol. The zero-order chi connectivity index (χ0) is 13.7. The number of aryl methyl sites for hydroxylation is 2. The van der Waals surface area contributed by atoms with Crippen LogP contribution in [0.25, 0.3) is 0 Å². The molecule has 98 valence electrons. The minimum Gasteiger partial charge on any atom is -0.345 e. The Labute approximate surface area is 108 Å². The topological polar surface area (TPSA) is 61.9 Å². The van der Waals surface area contributed by atoms with E-state index in [1.54, 1.807) is 11.9 Å². The Bertz CT molecular complexity index is 470. The van der Waals surface area contributed by atoms with E-state index >= 15 is 0 Å². The summed E-state index contributed by atoms with van der Waals surface area (Å²) in [6, 6.07) is 2.04. The Kier molecular flexibility index (Phi) is 4.90. The molecule has 1 aromatic heterocycles. The highest BCUT2D eigenvalue weighted by Gasteiger charge is 2.11. The Hall–Kier alpha value is -1.83. The summed E-state index contributed by atoms with van der Waals surface area (Å²) in [6.45, 7) is 7.11. The molecule has 1 amide bonds. The fraction of sp³-hybridized carbons (Fsp3) is 0.615. The average Bonchev–Trinajstić information content (AvgIpc) is 2.60. The maximum Gasteiger partial charge on any atom is 0.224 e. The molecule has 5 nitrogen and oxygen atoms in total. The van der Waals surface area contributed by atoms with Gasteiger partial charge in [0.15, 0.2) is 0 Å². The summed E-state index contributed by atoms with van der Waals surface area (Å²) < 4.78 is 1.88. The van der Waals surface area contributed by atoms with E-state index in [1.807, 2.05) is 31.5 Å². The standard InChI is InChI=1S/C13H20N4O/c1-10-11(2)15-17(12(10)3)9-6-13(18)16(4)8-5-7-14/h5-6,8-9H2,1-4H3. The molecule has 1 aromatic rings. The van der Waals surface area contributed by atoms with Gasteiger partial charge in [-0.1, -0.05) is 0 Å². The fourth-order valence-corrected chi connectivity index (χ4v) is 1.74. The molecular weight excluding hydrogens is 228 g/mol. The third-order valence-electron chi connectivity index (χ3n) is 3.27. The van der Waals surface area contributed by atoms with Crippen LogP contribution in [0.3, 0.4) is 0 Å². The van der Waals surface area contributed by atoms with E-state index in [9.17, 15) is 4.79 Å². The van der Waals surface area contributed by atoms with E-state index in [1.165, 1.54) is 5.56 Å². The lowest BCUT2D eigenvalue weighted by molar-refractivity contribution is -0.130. The van der Waals surface area contributed by atoms with Gasteiger partial charge < -0.3 is 4.90 Å². The van der Waals surface area contributed by atoms with Crippen LogP contribution in [0.1, 0.15) is 29.8 Å². The van der Waals surface area contributed by atoms with E-state index in [4.69, 9.17) is 5.26 Å². The second-order valence-electron chi connectivity index (χ2n) is 4.49. The van der Waals surface area contributed by atoms with E-state index in [0.29, 0.717) is 25.9 Å². The lowest BCUT2D eigenvalue weighted by Crippen LogP contribution is -2.28. The highest BCUT2D eigenvalue weighted by molar-refractivity contribution is 5.75. The zero-order valence-corrected chi connectivity index (χ0v) is 11.5. The van der Waals surface area contributed by atoms with Crippen LogP contribution in [0.5, 0.6) is 0 Å². The van der Waals surface area contributed by atoms with Crippen LogP contribution in [-0.2, 0) is 11.3 Å². The van der Waals surface area contributed by atoms with Gasteiger partial charge in [-0.25, -0.2) is 0 Å². The molecule has 0 aliphatic rings. The van der Waals surface area contributed by atoms with Crippen molar-refractivity contribution in [2.45, 2.75) is 40.2 Å². The summed E-state index contributed by atoms with van der Waals surface area (Å²) in [5.74, 6) is 0.0513. The van der Waals surface area contributed by atoms with Crippen LogP contribution >= 0.6 is 0 Å². The normalized spacial score (nSPS) is 10.2. The number of rotatable bonds is 5. The first-order chi connectivity index (χ1) is 8.47. The predicted octanol–water partition coefficient (Wildman–Crippen LogP) is 1.57. The van der Waals surface area contributed by atoms with Crippen molar-refractivity contribution in [3.8, 4) is 6.07 Å². The van der Waals surface area contributed by atoms with E-state index in [-0.39, 0.29) is 5.91 Å². The highest BCUT2D eigenvalue weighted by atomic mass is 16.2. The minimum atomic E-state index is 0.0513. The average molecular weight is 248 g/mol. The number of nitrogens with zero attached hydrogens (tertiary/aromatic N) is 4. The van der Waals surface area contributed by atoms with Crippen molar-refractivity contribution in [1.82, 2.24) is 14.7 Å². The number of hydrogen-bond acceptors (Lipinski definition) is 3. The Morgan fingerprint density at radius 2 is 2.11 bits per heavy atom. The second kappa shape index (κ2) is 6.20. The number of amides is 1. The molecule has 0 aromatic carbocycles. The zero-order valence-electron chi connectivity index (χ0n) is 11.5. The summed E-state index contributed by atoms with van der Waals surface area (Å²) in [7, 11) is 1.73. The molecule has 0 saturated heterocycles. The van der Waals surface area contributed by atoms with Crippen LogP contribution in [-0.4, -0.2) is 34.2 Å². The molecule has 0 N–H and O–H groups in total. The van der Waals surface area contributed by atoms with Crippen LogP contribution in [0.15, 0.2) is 0 Å². The van der Waals surface area contributed by atoms with Gasteiger partial charge in [0, 0.05) is 32.3 Å². The molecular formula is C13H20N4O. The largest absolute Gasteiger partial charge is 0.345 e. The molecule has 0 aliphatic carbocycles. The van der Waals surface area contributed by atoms with Crippen molar-refractivity contribution in [3.05, 3.63) is 17.0 Å². The van der Waals surface area contributed by atoms with Gasteiger partial charge in [-0.3, -0.25) is 9.48 Å². The number of carbonyl (C=O) groups is 1. The Morgan fingerprint density at radius 3 is 2.61 bits per heavy atom. The number of carbonyl (C=O) groups excluding carboxylic acids is 1. The third-order valence-corrected chi connectivity index (χ3v) is 3.27. The molecule has 5 heteroatoms. The summed E-state index contributed by atoms with van der Waals surface area (Å²) >= 11 is 0.